The molecule has 1 aliphatic rings. The van der Waals surface area contributed by atoms with Gasteiger partial charge < -0.3 is 5.73 Å². The van der Waals surface area contributed by atoms with Crippen molar-refractivity contribution in [2.75, 3.05) is 0 Å². The summed E-state index contributed by atoms with van der Waals surface area (Å²) in [5, 5.41) is 0. The van der Waals surface area contributed by atoms with Gasteiger partial charge in [-0.3, -0.25) is 9.98 Å². The normalized spacial score (nSPS) is 15.1. The van der Waals surface area contributed by atoms with Crippen LogP contribution in [0.25, 0.3) is 11.1 Å². The molecule has 3 nitrogen and oxygen atoms in total. The Morgan fingerprint density at radius 2 is 1.80 bits per heavy atom. The number of nitrogens with zero attached hydrogens (tertiary/aromatic N) is 2. The number of pyridine rings is 1. The van der Waals surface area contributed by atoms with E-state index in [1.165, 1.54) is 16.7 Å². The lowest BCUT2D eigenvalue weighted by molar-refractivity contribution is 0.591. The zero-order valence-electron chi connectivity index (χ0n) is 11.9. The van der Waals surface area contributed by atoms with Gasteiger partial charge in [-0.2, -0.15) is 0 Å². The van der Waals surface area contributed by atoms with Crippen LogP contribution >= 0.6 is 0 Å². The van der Waals surface area contributed by atoms with Gasteiger partial charge in [0.05, 0.1) is 5.69 Å². The molecule has 3 heteroatoms. The Bertz CT molecular complexity index is 645. The van der Waals surface area contributed by atoms with E-state index in [0.717, 1.165) is 17.8 Å². The van der Waals surface area contributed by atoms with Crippen molar-refractivity contribution < 1.29 is 0 Å². The van der Waals surface area contributed by atoms with Crippen LogP contribution in [0.1, 0.15) is 19.4 Å². The third-order valence-corrected chi connectivity index (χ3v) is 3.83. The van der Waals surface area contributed by atoms with Crippen molar-refractivity contribution in [3.8, 4) is 11.1 Å². The Labute approximate surface area is 119 Å². The standard InChI is InChI=1S/C17H19N3/c1-11(2)17(18)16-10-14-9-13(3-4-15(14)20-16)12-5-7-19-8-6-12/h3-9,11,17H,10,18H2,1-2H3. The van der Waals surface area contributed by atoms with Crippen LogP contribution in [0.15, 0.2) is 47.7 Å². The maximum Gasteiger partial charge on any atom is 0.0666 e. The van der Waals surface area contributed by atoms with E-state index in [2.05, 4.69) is 42.0 Å². The lowest BCUT2D eigenvalue weighted by Gasteiger charge is -2.15. The number of aromatic nitrogens is 1. The fraction of sp³-hybridized carbons (Fsp3) is 0.294. The number of rotatable bonds is 3. The zero-order chi connectivity index (χ0) is 14.1. The van der Waals surface area contributed by atoms with Gasteiger partial charge in [0, 0.05) is 30.6 Å². The molecule has 1 aliphatic heterocycles. The molecule has 0 amide bonds. The van der Waals surface area contributed by atoms with Gasteiger partial charge in [-0.1, -0.05) is 19.9 Å². The Kier molecular flexibility index (Phi) is 3.36. The van der Waals surface area contributed by atoms with Crippen LogP contribution in [0.4, 0.5) is 5.69 Å². The van der Waals surface area contributed by atoms with E-state index in [1.807, 2.05) is 24.5 Å². The number of hydrogen-bond donors (Lipinski definition) is 1. The lowest BCUT2D eigenvalue weighted by Crippen LogP contribution is -2.35. The smallest absolute Gasteiger partial charge is 0.0666 e. The molecule has 0 saturated carbocycles. The third kappa shape index (κ3) is 2.37. The molecule has 1 aromatic heterocycles. The Morgan fingerprint density at radius 1 is 1.05 bits per heavy atom. The van der Waals surface area contributed by atoms with E-state index in [1.54, 1.807) is 0 Å². The van der Waals surface area contributed by atoms with Crippen molar-refractivity contribution in [3.05, 3.63) is 48.3 Å². The first-order valence-electron chi connectivity index (χ1n) is 7.01. The van der Waals surface area contributed by atoms with E-state index < -0.39 is 0 Å². The SMILES string of the molecule is CC(C)C(N)C1=Nc2ccc(-c3ccncc3)cc2C1. The number of fused-ring (bicyclic) bond motifs is 1. The van der Waals surface area contributed by atoms with Crippen molar-refractivity contribution in [3.63, 3.8) is 0 Å². The molecule has 0 aliphatic carbocycles. The minimum atomic E-state index is 0.0479. The highest BCUT2D eigenvalue weighted by Crippen LogP contribution is 2.32. The third-order valence-electron chi connectivity index (χ3n) is 3.83. The van der Waals surface area contributed by atoms with Gasteiger partial charge >= 0.3 is 0 Å². The molecule has 102 valence electrons. The van der Waals surface area contributed by atoms with Crippen LogP contribution in [0.3, 0.4) is 0 Å². The molecule has 20 heavy (non-hydrogen) atoms. The van der Waals surface area contributed by atoms with Gasteiger partial charge in [-0.25, -0.2) is 0 Å². The molecule has 0 bridgehead atoms. The highest BCUT2D eigenvalue weighted by molar-refractivity contribution is 5.98. The number of nitrogens with two attached hydrogens (primary N) is 1. The van der Waals surface area contributed by atoms with Crippen molar-refractivity contribution >= 4 is 11.4 Å². The van der Waals surface area contributed by atoms with Gasteiger partial charge in [-0.05, 0) is 46.9 Å². The molecule has 1 unspecified atom stereocenters. The molecule has 0 spiro atoms. The second kappa shape index (κ2) is 5.17. The summed E-state index contributed by atoms with van der Waals surface area (Å²) in [7, 11) is 0. The number of aliphatic imine (C=N–C) groups is 1. The first-order chi connectivity index (χ1) is 9.65. The average molecular weight is 265 g/mol. The van der Waals surface area contributed by atoms with Crippen LogP contribution < -0.4 is 5.73 Å². The summed E-state index contributed by atoms with van der Waals surface area (Å²) in [6.45, 7) is 4.27. The largest absolute Gasteiger partial charge is 0.323 e. The Hall–Kier alpha value is -2.00. The zero-order valence-corrected chi connectivity index (χ0v) is 11.9. The Morgan fingerprint density at radius 3 is 2.50 bits per heavy atom. The maximum absolute atomic E-state index is 6.21. The molecular weight excluding hydrogens is 246 g/mol. The highest BCUT2D eigenvalue weighted by atomic mass is 14.8. The molecule has 3 rings (SSSR count). The molecule has 2 aromatic rings. The fourth-order valence-electron chi connectivity index (χ4n) is 2.53. The van der Waals surface area contributed by atoms with Crippen molar-refractivity contribution in [2.45, 2.75) is 26.3 Å². The topological polar surface area (TPSA) is 51.3 Å². The quantitative estimate of drug-likeness (QED) is 0.925. The van der Waals surface area contributed by atoms with E-state index in [-0.39, 0.29) is 6.04 Å². The molecule has 2 N–H and O–H groups in total. The second-order valence-corrected chi connectivity index (χ2v) is 5.63. The van der Waals surface area contributed by atoms with Gasteiger partial charge in [0.1, 0.15) is 0 Å². The predicted octanol–water partition coefficient (Wildman–Crippen LogP) is 3.36. The van der Waals surface area contributed by atoms with Crippen LogP contribution in [-0.2, 0) is 6.42 Å². The van der Waals surface area contributed by atoms with Crippen LogP contribution in [-0.4, -0.2) is 16.7 Å². The van der Waals surface area contributed by atoms with E-state index in [9.17, 15) is 0 Å². The van der Waals surface area contributed by atoms with Crippen molar-refractivity contribution in [1.29, 1.82) is 0 Å². The summed E-state index contributed by atoms with van der Waals surface area (Å²) in [5.74, 6) is 0.419. The summed E-state index contributed by atoms with van der Waals surface area (Å²) in [4.78, 5) is 8.75. The van der Waals surface area contributed by atoms with Gasteiger partial charge in [0.15, 0.2) is 0 Å². The van der Waals surface area contributed by atoms with Gasteiger partial charge in [0.25, 0.3) is 0 Å². The fourth-order valence-corrected chi connectivity index (χ4v) is 2.53. The molecular formula is C17H19N3. The van der Waals surface area contributed by atoms with Crippen LogP contribution in [0, 0.1) is 5.92 Å². The summed E-state index contributed by atoms with van der Waals surface area (Å²) in [6, 6.07) is 10.5. The monoisotopic (exact) mass is 265 g/mol. The van der Waals surface area contributed by atoms with E-state index in [0.29, 0.717) is 5.92 Å². The molecule has 1 aromatic carbocycles. The lowest BCUT2D eigenvalue weighted by atomic mass is 9.96. The second-order valence-electron chi connectivity index (χ2n) is 5.63. The summed E-state index contributed by atoms with van der Waals surface area (Å²) < 4.78 is 0. The van der Waals surface area contributed by atoms with Crippen molar-refractivity contribution in [2.24, 2.45) is 16.6 Å². The summed E-state index contributed by atoms with van der Waals surface area (Å²) in [6.07, 6.45) is 4.51. The molecule has 0 saturated heterocycles. The molecule has 0 radical (unpaired) electrons. The van der Waals surface area contributed by atoms with Crippen LogP contribution in [0.5, 0.6) is 0 Å². The summed E-state index contributed by atoms with van der Waals surface area (Å²) >= 11 is 0. The van der Waals surface area contributed by atoms with Gasteiger partial charge in [-0.15, -0.1) is 0 Å². The minimum Gasteiger partial charge on any atom is -0.323 e. The molecule has 2 heterocycles. The molecule has 0 fully saturated rings. The van der Waals surface area contributed by atoms with Gasteiger partial charge in [0.2, 0.25) is 0 Å². The molecule has 1 atom stereocenters. The first kappa shape index (κ1) is 13.0. The van der Waals surface area contributed by atoms with E-state index in [4.69, 9.17) is 5.73 Å². The average Bonchev–Trinajstić information content (AvgIpc) is 2.90. The minimum absolute atomic E-state index is 0.0479. The Balaban J connectivity index is 1.89. The van der Waals surface area contributed by atoms with Crippen molar-refractivity contribution in [1.82, 2.24) is 4.98 Å². The van der Waals surface area contributed by atoms with E-state index >= 15 is 0 Å². The first-order valence-corrected chi connectivity index (χ1v) is 7.01. The number of benzene rings is 1. The maximum atomic E-state index is 6.21. The number of hydrogen-bond acceptors (Lipinski definition) is 3. The predicted molar refractivity (Wildman–Crippen MR) is 83.3 cm³/mol. The summed E-state index contributed by atoms with van der Waals surface area (Å²) in [5.41, 5.74) is 12.0. The van der Waals surface area contributed by atoms with Crippen LogP contribution in [0.2, 0.25) is 0 Å². The highest BCUT2D eigenvalue weighted by Gasteiger charge is 2.22.